The van der Waals surface area contributed by atoms with Crippen LogP contribution in [-0.2, 0) is 0 Å². The van der Waals surface area contributed by atoms with Gasteiger partial charge in [-0.25, -0.2) is 0 Å². The predicted octanol–water partition coefficient (Wildman–Crippen LogP) is 3.93. The minimum absolute atomic E-state index is 0.0353. The summed E-state index contributed by atoms with van der Waals surface area (Å²) >= 11 is 0. The number of aryl methyl sites for hydroxylation is 1. The average molecular weight is 295 g/mol. The van der Waals surface area contributed by atoms with Crippen LogP contribution in [0.2, 0.25) is 0 Å². The van der Waals surface area contributed by atoms with Crippen LogP contribution in [0.4, 0.5) is 5.69 Å². The molecule has 2 aromatic carbocycles. The predicted molar refractivity (Wildman–Crippen MR) is 81.3 cm³/mol. The normalized spacial score (nSPS) is 10.6. The van der Waals surface area contributed by atoms with Gasteiger partial charge in [0.25, 0.3) is 5.69 Å². The maximum absolute atomic E-state index is 11.0. The third-order valence-corrected chi connectivity index (χ3v) is 3.53. The van der Waals surface area contributed by atoms with Crippen LogP contribution in [0, 0.1) is 24.0 Å². The summed E-state index contributed by atoms with van der Waals surface area (Å²) in [5, 5.41) is 19.1. The van der Waals surface area contributed by atoms with Gasteiger partial charge in [0.2, 0.25) is 11.8 Å². The van der Waals surface area contributed by atoms with Crippen molar-refractivity contribution in [2.45, 2.75) is 13.8 Å². The van der Waals surface area contributed by atoms with Crippen LogP contribution in [-0.4, -0.2) is 15.1 Å². The van der Waals surface area contributed by atoms with Gasteiger partial charge >= 0.3 is 0 Å². The first-order valence-corrected chi connectivity index (χ1v) is 6.72. The van der Waals surface area contributed by atoms with E-state index in [1.54, 1.807) is 19.1 Å². The van der Waals surface area contributed by atoms with E-state index in [2.05, 4.69) is 10.2 Å². The van der Waals surface area contributed by atoms with Crippen molar-refractivity contribution in [2.75, 3.05) is 0 Å². The van der Waals surface area contributed by atoms with Gasteiger partial charge in [0.05, 0.1) is 4.92 Å². The van der Waals surface area contributed by atoms with Gasteiger partial charge in [0.15, 0.2) is 0 Å². The molecule has 0 aliphatic carbocycles. The summed E-state index contributed by atoms with van der Waals surface area (Å²) in [5.74, 6) is 0.679. The van der Waals surface area contributed by atoms with Crippen molar-refractivity contribution >= 4 is 5.69 Å². The summed E-state index contributed by atoms with van der Waals surface area (Å²) in [5.41, 5.74) is 2.99. The van der Waals surface area contributed by atoms with Gasteiger partial charge in [-0.1, -0.05) is 24.3 Å². The second-order valence-electron chi connectivity index (χ2n) is 4.93. The summed E-state index contributed by atoms with van der Waals surface area (Å²) in [4.78, 5) is 10.6. The molecule has 0 saturated heterocycles. The topological polar surface area (TPSA) is 82.1 Å². The minimum atomic E-state index is -0.419. The number of rotatable bonds is 3. The molecule has 0 amide bonds. The SMILES string of the molecule is Cc1ccccc1-c1nnc(-c2cccc([N+](=O)[O-])c2C)o1. The lowest BCUT2D eigenvalue weighted by Gasteiger charge is -2.02. The van der Waals surface area contributed by atoms with Gasteiger partial charge in [-0.2, -0.15) is 0 Å². The average Bonchev–Trinajstić information content (AvgIpc) is 2.97. The van der Waals surface area contributed by atoms with E-state index in [-0.39, 0.29) is 11.6 Å². The van der Waals surface area contributed by atoms with Gasteiger partial charge < -0.3 is 4.42 Å². The van der Waals surface area contributed by atoms with Gasteiger partial charge in [0, 0.05) is 22.8 Å². The highest BCUT2D eigenvalue weighted by atomic mass is 16.6. The van der Waals surface area contributed by atoms with Crippen LogP contribution in [0.25, 0.3) is 22.9 Å². The maximum Gasteiger partial charge on any atom is 0.273 e. The first kappa shape index (κ1) is 13.9. The zero-order valence-corrected chi connectivity index (χ0v) is 12.1. The van der Waals surface area contributed by atoms with E-state index in [1.807, 2.05) is 31.2 Å². The fraction of sp³-hybridized carbons (Fsp3) is 0.125. The summed E-state index contributed by atoms with van der Waals surface area (Å²) in [6, 6.07) is 12.5. The third-order valence-electron chi connectivity index (χ3n) is 3.53. The lowest BCUT2D eigenvalue weighted by atomic mass is 10.1. The molecule has 3 rings (SSSR count). The summed E-state index contributed by atoms with van der Waals surface area (Å²) in [6.07, 6.45) is 0. The van der Waals surface area contributed by atoms with Gasteiger partial charge in [-0.15, -0.1) is 10.2 Å². The molecule has 110 valence electrons. The van der Waals surface area contributed by atoms with E-state index in [9.17, 15) is 10.1 Å². The Bertz CT molecular complexity index is 855. The van der Waals surface area contributed by atoms with Crippen LogP contribution >= 0.6 is 0 Å². The summed E-state index contributed by atoms with van der Waals surface area (Å²) < 4.78 is 5.71. The molecule has 6 nitrogen and oxygen atoms in total. The van der Waals surface area contributed by atoms with E-state index in [0.717, 1.165) is 11.1 Å². The molecule has 0 spiro atoms. The molecule has 1 heterocycles. The molecule has 0 N–H and O–H groups in total. The Labute approximate surface area is 126 Å². The second kappa shape index (κ2) is 5.40. The van der Waals surface area contributed by atoms with Crippen molar-refractivity contribution in [3.05, 3.63) is 63.7 Å². The van der Waals surface area contributed by atoms with Crippen molar-refractivity contribution in [2.24, 2.45) is 0 Å². The lowest BCUT2D eigenvalue weighted by Crippen LogP contribution is -1.93. The van der Waals surface area contributed by atoms with E-state index in [4.69, 9.17) is 4.42 Å². The zero-order chi connectivity index (χ0) is 15.7. The third kappa shape index (κ3) is 2.35. The van der Waals surface area contributed by atoms with Crippen LogP contribution in [0.3, 0.4) is 0 Å². The first-order chi connectivity index (χ1) is 10.6. The zero-order valence-electron chi connectivity index (χ0n) is 12.1. The second-order valence-corrected chi connectivity index (χ2v) is 4.93. The minimum Gasteiger partial charge on any atom is -0.416 e. The van der Waals surface area contributed by atoms with Crippen molar-refractivity contribution in [1.82, 2.24) is 10.2 Å². The maximum atomic E-state index is 11.0. The molecule has 0 bridgehead atoms. The fourth-order valence-electron chi connectivity index (χ4n) is 2.31. The Morgan fingerprint density at radius 2 is 1.59 bits per heavy atom. The number of nitro benzene ring substituents is 1. The Balaban J connectivity index is 2.07. The van der Waals surface area contributed by atoms with Crippen LogP contribution < -0.4 is 0 Å². The highest BCUT2D eigenvalue weighted by Gasteiger charge is 2.19. The van der Waals surface area contributed by atoms with Gasteiger partial charge in [-0.3, -0.25) is 10.1 Å². The standard InChI is InChI=1S/C16H13N3O3/c1-10-6-3-4-7-12(10)15-17-18-16(22-15)13-8-5-9-14(11(13)2)19(20)21/h3-9H,1-2H3. The quantitative estimate of drug-likeness (QED) is 0.540. The van der Waals surface area contributed by atoms with Crippen LogP contribution in [0.5, 0.6) is 0 Å². The molecule has 0 radical (unpaired) electrons. The molecular weight excluding hydrogens is 282 g/mol. The van der Waals surface area contributed by atoms with E-state index in [1.165, 1.54) is 6.07 Å². The number of nitro groups is 1. The molecule has 0 saturated carbocycles. The Hall–Kier alpha value is -3.02. The molecule has 0 aliphatic heterocycles. The number of hydrogen-bond donors (Lipinski definition) is 0. The van der Waals surface area contributed by atoms with Crippen molar-refractivity contribution < 1.29 is 9.34 Å². The highest BCUT2D eigenvalue weighted by molar-refractivity contribution is 5.66. The molecule has 0 aliphatic rings. The smallest absolute Gasteiger partial charge is 0.273 e. The van der Waals surface area contributed by atoms with Crippen molar-refractivity contribution in [1.29, 1.82) is 0 Å². The highest BCUT2D eigenvalue weighted by Crippen LogP contribution is 2.31. The summed E-state index contributed by atoms with van der Waals surface area (Å²) in [7, 11) is 0. The molecule has 1 aromatic heterocycles. The molecule has 6 heteroatoms. The van der Waals surface area contributed by atoms with E-state index in [0.29, 0.717) is 17.0 Å². The number of nitrogens with zero attached hydrogens (tertiary/aromatic N) is 3. The number of hydrogen-bond acceptors (Lipinski definition) is 5. The molecule has 22 heavy (non-hydrogen) atoms. The number of benzene rings is 2. The lowest BCUT2D eigenvalue weighted by molar-refractivity contribution is -0.385. The van der Waals surface area contributed by atoms with Crippen LogP contribution in [0.1, 0.15) is 11.1 Å². The molecular formula is C16H13N3O3. The van der Waals surface area contributed by atoms with Crippen molar-refractivity contribution in [3.63, 3.8) is 0 Å². The molecule has 0 atom stereocenters. The van der Waals surface area contributed by atoms with E-state index < -0.39 is 4.92 Å². The monoisotopic (exact) mass is 295 g/mol. The molecule has 0 unspecified atom stereocenters. The fourth-order valence-corrected chi connectivity index (χ4v) is 2.31. The molecule has 0 fully saturated rings. The molecule has 3 aromatic rings. The largest absolute Gasteiger partial charge is 0.416 e. The Morgan fingerprint density at radius 1 is 0.955 bits per heavy atom. The Morgan fingerprint density at radius 3 is 2.27 bits per heavy atom. The van der Waals surface area contributed by atoms with Gasteiger partial charge in [-0.05, 0) is 31.5 Å². The van der Waals surface area contributed by atoms with Crippen LogP contribution in [0.15, 0.2) is 46.9 Å². The van der Waals surface area contributed by atoms with Gasteiger partial charge in [0.1, 0.15) is 0 Å². The van der Waals surface area contributed by atoms with E-state index >= 15 is 0 Å². The Kier molecular flexibility index (Phi) is 3.42. The van der Waals surface area contributed by atoms with Crippen molar-refractivity contribution in [3.8, 4) is 22.9 Å². The number of aromatic nitrogens is 2. The summed E-state index contributed by atoms with van der Waals surface area (Å²) in [6.45, 7) is 3.63. The first-order valence-electron chi connectivity index (χ1n) is 6.72.